The highest BCUT2D eigenvalue weighted by Crippen LogP contribution is 2.15. The summed E-state index contributed by atoms with van der Waals surface area (Å²) in [4.78, 5) is 18.8. The maximum atomic E-state index is 10.4. The van der Waals surface area contributed by atoms with Crippen LogP contribution in [0.5, 0.6) is 0 Å². The molecule has 1 rings (SSSR count). The van der Waals surface area contributed by atoms with Crippen LogP contribution in [0, 0.1) is 6.92 Å². The molecule has 0 aliphatic carbocycles. The van der Waals surface area contributed by atoms with Crippen molar-refractivity contribution < 1.29 is 9.90 Å². The number of carboxylic acid groups (broad SMARTS) is 1. The van der Waals surface area contributed by atoms with Crippen LogP contribution in [-0.2, 0) is 4.79 Å². The van der Waals surface area contributed by atoms with E-state index in [0.29, 0.717) is 17.5 Å². The Morgan fingerprint density at radius 2 is 1.94 bits per heavy atom. The molecule has 0 bridgehead atoms. The summed E-state index contributed by atoms with van der Waals surface area (Å²) in [5.74, 6) is 0.850. The van der Waals surface area contributed by atoms with Gasteiger partial charge in [-0.05, 0) is 27.7 Å². The van der Waals surface area contributed by atoms with E-state index in [9.17, 15) is 4.79 Å². The largest absolute Gasteiger partial charge is 0.480 e. The molecule has 0 aliphatic rings. The van der Waals surface area contributed by atoms with E-state index < -0.39 is 5.97 Å². The fourth-order valence-corrected chi connectivity index (χ4v) is 1.27. The molecule has 0 saturated heterocycles. The average Bonchev–Trinajstić information content (AvgIpc) is 2.10. The lowest BCUT2D eigenvalue weighted by Crippen LogP contribution is -2.27. The van der Waals surface area contributed by atoms with Crippen molar-refractivity contribution in [1.29, 1.82) is 0 Å². The van der Waals surface area contributed by atoms with E-state index in [4.69, 9.17) is 5.11 Å². The normalized spacial score (nSPS) is 11.1. The average molecular weight is 238 g/mol. The van der Waals surface area contributed by atoms with Crippen LogP contribution in [0.25, 0.3) is 0 Å². The summed E-state index contributed by atoms with van der Waals surface area (Å²) >= 11 is 0. The zero-order chi connectivity index (χ0) is 13.1. The number of hydrogen-bond acceptors (Lipinski definition) is 5. The number of hydrogen-bond donors (Lipinski definition) is 3. The molecule has 0 radical (unpaired) electrons. The highest BCUT2D eigenvalue weighted by Gasteiger charge is 2.11. The van der Waals surface area contributed by atoms with Crippen LogP contribution in [-0.4, -0.2) is 33.1 Å². The molecule has 0 aromatic carbocycles. The van der Waals surface area contributed by atoms with Crippen LogP contribution in [0.4, 0.5) is 11.6 Å². The number of carboxylic acids is 1. The topological polar surface area (TPSA) is 87.1 Å². The first-order chi connectivity index (χ1) is 7.76. The van der Waals surface area contributed by atoms with Crippen LogP contribution in [0.15, 0.2) is 6.07 Å². The first-order valence-corrected chi connectivity index (χ1v) is 5.36. The van der Waals surface area contributed by atoms with Crippen LogP contribution in [0.3, 0.4) is 0 Å². The molecule has 1 aromatic rings. The third-order valence-corrected chi connectivity index (χ3v) is 1.76. The van der Waals surface area contributed by atoms with Crippen LogP contribution in [0.2, 0.25) is 0 Å². The summed E-state index contributed by atoms with van der Waals surface area (Å²) in [6.07, 6.45) is 0. The van der Waals surface area contributed by atoms with Crippen molar-refractivity contribution in [2.24, 2.45) is 0 Å². The smallest absolute Gasteiger partial charge is 0.322 e. The molecule has 0 aliphatic heterocycles. The van der Waals surface area contributed by atoms with Gasteiger partial charge in [-0.15, -0.1) is 0 Å². The zero-order valence-electron chi connectivity index (χ0n) is 10.5. The molecule has 1 heterocycles. The van der Waals surface area contributed by atoms with Crippen LogP contribution in [0.1, 0.15) is 26.6 Å². The predicted molar refractivity (Wildman–Crippen MR) is 66.3 cm³/mol. The molecule has 6 nitrogen and oxygen atoms in total. The van der Waals surface area contributed by atoms with Crippen molar-refractivity contribution in [1.82, 2.24) is 9.97 Å². The third-order valence-electron chi connectivity index (χ3n) is 1.76. The first-order valence-electron chi connectivity index (χ1n) is 5.36. The second kappa shape index (κ2) is 4.99. The molecule has 0 spiro atoms. The summed E-state index contributed by atoms with van der Waals surface area (Å²) in [6, 6.07) is 1.70. The Labute approximate surface area is 100 Å². The number of nitrogens with zero attached hydrogens (tertiary/aromatic N) is 2. The zero-order valence-corrected chi connectivity index (χ0v) is 10.5. The molecule has 0 fully saturated rings. The van der Waals surface area contributed by atoms with E-state index in [0.717, 1.165) is 0 Å². The predicted octanol–water partition coefficient (Wildman–Crippen LogP) is 1.49. The monoisotopic (exact) mass is 238 g/mol. The molecule has 1 aromatic heterocycles. The fraction of sp³-hybridized carbons (Fsp3) is 0.545. The number of nitrogens with one attached hydrogen (secondary N) is 2. The first kappa shape index (κ1) is 13.2. The van der Waals surface area contributed by atoms with Crippen LogP contribution < -0.4 is 10.6 Å². The van der Waals surface area contributed by atoms with Gasteiger partial charge in [-0.1, -0.05) is 0 Å². The lowest BCUT2D eigenvalue weighted by Gasteiger charge is -2.21. The molecule has 0 amide bonds. The maximum absolute atomic E-state index is 10.4. The van der Waals surface area contributed by atoms with Gasteiger partial charge >= 0.3 is 5.97 Å². The maximum Gasteiger partial charge on any atom is 0.322 e. The highest BCUT2D eigenvalue weighted by molar-refractivity contribution is 5.72. The van der Waals surface area contributed by atoms with E-state index >= 15 is 0 Å². The van der Waals surface area contributed by atoms with E-state index in [2.05, 4.69) is 20.6 Å². The Bertz CT molecular complexity index is 412. The lowest BCUT2D eigenvalue weighted by atomic mass is 10.1. The molecular weight excluding hydrogens is 220 g/mol. The molecule has 0 atom stereocenters. The molecular formula is C11H18N4O2. The second-order valence-corrected chi connectivity index (χ2v) is 4.81. The SMILES string of the molecule is Cc1nc(NCC(=O)O)cc(NC(C)(C)C)n1. The Morgan fingerprint density at radius 1 is 1.35 bits per heavy atom. The summed E-state index contributed by atoms with van der Waals surface area (Å²) in [6.45, 7) is 7.67. The number of aryl methyl sites for hydroxylation is 1. The van der Waals surface area contributed by atoms with E-state index in [1.165, 1.54) is 0 Å². The van der Waals surface area contributed by atoms with Crippen molar-refractivity contribution in [2.75, 3.05) is 17.2 Å². The Kier molecular flexibility index (Phi) is 3.88. The summed E-state index contributed by atoms with van der Waals surface area (Å²) in [5, 5.41) is 14.5. The number of aliphatic carboxylic acids is 1. The lowest BCUT2D eigenvalue weighted by molar-refractivity contribution is -0.134. The van der Waals surface area contributed by atoms with Crippen molar-refractivity contribution in [2.45, 2.75) is 33.2 Å². The minimum Gasteiger partial charge on any atom is -0.480 e. The fourth-order valence-electron chi connectivity index (χ4n) is 1.27. The molecule has 0 unspecified atom stereocenters. The van der Waals surface area contributed by atoms with Gasteiger partial charge in [0.25, 0.3) is 0 Å². The van der Waals surface area contributed by atoms with Crippen molar-refractivity contribution in [3.8, 4) is 0 Å². The minimum atomic E-state index is -0.924. The van der Waals surface area contributed by atoms with E-state index in [1.54, 1.807) is 13.0 Å². The second-order valence-electron chi connectivity index (χ2n) is 4.81. The van der Waals surface area contributed by atoms with Crippen molar-refractivity contribution in [3.63, 3.8) is 0 Å². The summed E-state index contributed by atoms with van der Waals surface area (Å²) < 4.78 is 0. The molecule has 17 heavy (non-hydrogen) atoms. The Balaban J connectivity index is 2.83. The summed E-state index contributed by atoms with van der Waals surface area (Å²) in [7, 11) is 0. The summed E-state index contributed by atoms with van der Waals surface area (Å²) in [5.41, 5.74) is -0.106. The van der Waals surface area contributed by atoms with Gasteiger partial charge in [-0.25, -0.2) is 9.97 Å². The molecule has 0 saturated carbocycles. The Morgan fingerprint density at radius 3 is 2.47 bits per heavy atom. The Hall–Kier alpha value is -1.85. The molecule has 94 valence electrons. The van der Waals surface area contributed by atoms with Crippen molar-refractivity contribution >= 4 is 17.6 Å². The third kappa shape index (κ3) is 5.14. The van der Waals surface area contributed by atoms with Gasteiger partial charge in [0.15, 0.2) is 0 Å². The van der Waals surface area contributed by atoms with E-state index in [1.807, 2.05) is 20.8 Å². The van der Waals surface area contributed by atoms with Gasteiger partial charge in [0.05, 0.1) is 0 Å². The van der Waals surface area contributed by atoms with Gasteiger partial charge in [-0.2, -0.15) is 0 Å². The highest BCUT2D eigenvalue weighted by atomic mass is 16.4. The minimum absolute atomic E-state index is 0.106. The van der Waals surface area contributed by atoms with Gasteiger partial charge in [0.2, 0.25) is 0 Å². The van der Waals surface area contributed by atoms with E-state index in [-0.39, 0.29) is 12.1 Å². The number of carbonyl (C=O) groups is 1. The van der Waals surface area contributed by atoms with Crippen LogP contribution >= 0.6 is 0 Å². The molecule has 3 N–H and O–H groups in total. The van der Waals surface area contributed by atoms with Gasteiger partial charge in [-0.3, -0.25) is 4.79 Å². The van der Waals surface area contributed by atoms with Gasteiger partial charge in [0.1, 0.15) is 24.0 Å². The quantitative estimate of drug-likeness (QED) is 0.736. The standard InChI is InChI=1S/C11H18N4O2/c1-7-13-8(12-6-10(16)17)5-9(14-7)15-11(2,3)4/h5H,6H2,1-4H3,(H,16,17)(H2,12,13,14,15). The molecule has 6 heteroatoms. The number of rotatable bonds is 4. The number of anilines is 2. The van der Waals surface area contributed by atoms with Gasteiger partial charge < -0.3 is 15.7 Å². The van der Waals surface area contributed by atoms with Crippen molar-refractivity contribution in [3.05, 3.63) is 11.9 Å². The van der Waals surface area contributed by atoms with Gasteiger partial charge in [0, 0.05) is 11.6 Å². The number of aromatic nitrogens is 2.